The van der Waals surface area contributed by atoms with E-state index in [1.165, 1.54) is 6.07 Å². The van der Waals surface area contributed by atoms with Crippen molar-refractivity contribution < 1.29 is 27.8 Å². The largest absolute Gasteiger partial charge is 0.479 e. The molecule has 0 bridgehead atoms. The van der Waals surface area contributed by atoms with E-state index in [1.807, 2.05) is 0 Å². The van der Waals surface area contributed by atoms with Gasteiger partial charge in [-0.15, -0.1) is 0 Å². The van der Waals surface area contributed by atoms with Gasteiger partial charge in [-0.1, -0.05) is 12.1 Å². The molecule has 0 heterocycles. The second kappa shape index (κ2) is 4.52. The number of carbonyl (C=O) groups is 1. The van der Waals surface area contributed by atoms with Crippen LogP contribution in [0, 0.1) is 0 Å². The van der Waals surface area contributed by atoms with Crippen LogP contribution >= 0.6 is 0 Å². The Morgan fingerprint density at radius 3 is 2.50 bits per heavy atom. The molecule has 0 radical (unpaired) electrons. The summed E-state index contributed by atoms with van der Waals surface area (Å²) in [6.45, 7) is 0. The van der Waals surface area contributed by atoms with Gasteiger partial charge in [0.2, 0.25) is 0 Å². The molecule has 88 valence electrons. The highest BCUT2D eigenvalue weighted by molar-refractivity contribution is 5.74. The van der Waals surface area contributed by atoms with Gasteiger partial charge in [-0.25, -0.2) is 4.79 Å². The van der Waals surface area contributed by atoms with E-state index >= 15 is 0 Å². The molecule has 16 heavy (non-hydrogen) atoms. The molecule has 6 heteroatoms. The van der Waals surface area contributed by atoms with Gasteiger partial charge in [0.25, 0.3) is 0 Å². The van der Waals surface area contributed by atoms with Crippen LogP contribution in [0.3, 0.4) is 0 Å². The number of carboxylic acids is 1. The number of hydrogen-bond acceptors (Lipinski definition) is 2. The zero-order valence-corrected chi connectivity index (χ0v) is 8.28. The second-order valence-electron chi connectivity index (χ2n) is 3.08. The lowest BCUT2D eigenvalue weighted by molar-refractivity contribution is -0.149. The van der Waals surface area contributed by atoms with Gasteiger partial charge in [0.1, 0.15) is 0 Å². The van der Waals surface area contributed by atoms with E-state index in [-0.39, 0.29) is 5.56 Å². The predicted molar refractivity (Wildman–Crippen MR) is 48.8 cm³/mol. The van der Waals surface area contributed by atoms with Crippen molar-refractivity contribution in [3.05, 3.63) is 35.4 Å². The van der Waals surface area contributed by atoms with Crippen molar-refractivity contribution in [2.24, 2.45) is 0 Å². The minimum atomic E-state index is -4.49. The number of rotatable bonds is 3. The molecule has 0 saturated carbocycles. The Hall–Kier alpha value is -1.56. The van der Waals surface area contributed by atoms with Gasteiger partial charge in [-0.05, 0) is 17.7 Å². The summed E-state index contributed by atoms with van der Waals surface area (Å²) < 4.78 is 41.6. The number of hydrogen-bond donors (Lipinski definition) is 1. The van der Waals surface area contributed by atoms with Crippen LogP contribution in [0.25, 0.3) is 0 Å². The SMILES string of the molecule is CO[C@H](C(=O)O)c1cccc(C(F)(F)F)c1. The lowest BCUT2D eigenvalue weighted by Crippen LogP contribution is -2.14. The van der Waals surface area contributed by atoms with E-state index in [9.17, 15) is 18.0 Å². The van der Waals surface area contributed by atoms with Crippen molar-refractivity contribution in [3.63, 3.8) is 0 Å². The molecule has 3 nitrogen and oxygen atoms in total. The third-order valence-electron chi connectivity index (χ3n) is 1.98. The van der Waals surface area contributed by atoms with Gasteiger partial charge in [-0.2, -0.15) is 13.2 Å². The first-order valence-corrected chi connectivity index (χ1v) is 4.29. The molecule has 0 amide bonds. The lowest BCUT2D eigenvalue weighted by Gasteiger charge is -2.13. The van der Waals surface area contributed by atoms with Crippen LogP contribution in [0.5, 0.6) is 0 Å². The number of aliphatic carboxylic acids is 1. The highest BCUT2D eigenvalue weighted by atomic mass is 19.4. The molecular formula is C10H9F3O3. The van der Waals surface area contributed by atoms with Crippen LogP contribution < -0.4 is 0 Å². The van der Waals surface area contributed by atoms with Crippen LogP contribution in [0.2, 0.25) is 0 Å². The molecule has 1 N–H and O–H groups in total. The van der Waals surface area contributed by atoms with E-state index in [0.717, 1.165) is 25.3 Å². The highest BCUT2D eigenvalue weighted by Crippen LogP contribution is 2.31. The van der Waals surface area contributed by atoms with Crippen molar-refractivity contribution in [3.8, 4) is 0 Å². The fourth-order valence-electron chi connectivity index (χ4n) is 1.26. The normalized spacial score (nSPS) is 13.5. The summed E-state index contributed by atoms with van der Waals surface area (Å²) >= 11 is 0. The molecule has 0 aliphatic rings. The third kappa shape index (κ3) is 2.73. The summed E-state index contributed by atoms with van der Waals surface area (Å²) in [7, 11) is 1.12. The minimum Gasteiger partial charge on any atom is -0.479 e. The first-order chi connectivity index (χ1) is 7.36. The summed E-state index contributed by atoms with van der Waals surface area (Å²) in [4.78, 5) is 10.7. The van der Waals surface area contributed by atoms with Crippen molar-refractivity contribution in [1.29, 1.82) is 0 Å². The van der Waals surface area contributed by atoms with E-state index < -0.39 is 23.8 Å². The molecule has 0 fully saturated rings. The Kier molecular flexibility index (Phi) is 3.54. The number of ether oxygens (including phenoxy) is 1. The number of carboxylic acid groups (broad SMARTS) is 1. The highest BCUT2D eigenvalue weighted by Gasteiger charge is 2.31. The van der Waals surface area contributed by atoms with Crippen molar-refractivity contribution in [2.75, 3.05) is 7.11 Å². The third-order valence-corrected chi connectivity index (χ3v) is 1.98. The van der Waals surface area contributed by atoms with Crippen LogP contribution in [0.1, 0.15) is 17.2 Å². The van der Waals surface area contributed by atoms with Crippen LogP contribution in [0.15, 0.2) is 24.3 Å². The van der Waals surface area contributed by atoms with Crippen molar-refractivity contribution >= 4 is 5.97 Å². The molecule has 1 rings (SSSR count). The summed E-state index contributed by atoms with van der Waals surface area (Å²) in [5, 5.41) is 8.71. The van der Waals surface area contributed by atoms with Gasteiger partial charge in [0.15, 0.2) is 6.10 Å². The molecule has 0 saturated heterocycles. The quantitative estimate of drug-likeness (QED) is 0.873. The van der Waals surface area contributed by atoms with E-state index in [0.29, 0.717) is 0 Å². The fourth-order valence-corrected chi connectivity index (χ4v) is 1.26. The van der Waals surface area contributed by atoms with E-state index in [2.05, 4.69) is 4.74 Å². The Morgan fingerprint density at radius 2 is 2.06 bits per heavy atom. The molecule has 0 aromatic heterocycles. The second-order valence-corrected chi connectivity index (χ2v) is 3.08. The van der Waals surface area contributed by atoms with Gasteiger partial charge in [-0.3, -0.25) is 0 Å². The van der Waals surface area contributed by atoms with Crippen LogP contribution in [-0.2, 0) is 15.7 Å². The Morgan fingerprint density at radius 1 is 1.44 bits per heavy atom. The average Bonchev–Trinajstić information content (AvgIpc) is 2.17. The van der Waals surface area contributed by atoms with Crippen molar-refractivity contribution in [1.82, 2.24) is 0 Å². The van der Waals surface area contributed by atoms with Crippen LogP contribution in [0.4, 0.5) is 13.2 Å². The summed E-state index contributed by atoms with van der Waals surface area (Å²) in [5.41, 5.74) is -0.932. The predicted octanol–water partition coefficient (Wildman–Crippen LogP) is 2.48. The van der Waals surface area contributed by atoms with Gasteiger partial charge >= 0.3 is 12.1 Å². The zero-order chi connectivity index (χ0) is 12.3. The molecule has 0 spiro atoms. The minimum absolute atomic E-state index is 0.0372. The fraction of sp³-hybridized carbons (Fsp3) is 0.300. The summed E-state index contributed by atoms with van der Waals surface area (Å²) in [6.07, 6.45) is -5.88. The maximum Gasteiger partial charge on any atom is 0.416 e. The first-order valence-electron chi connectivity index (χ1n) is 4.29. The van der Waals surface area contributed by atoms with Gasteiger partial charge < -0.3 is 9.84 Å². The van der Waals surface area contributed by atoms with Crippen LogP contribution in [-0.4, -0.2) is 18.2 Å². The molecule has 1 aromatic rings. The van der Waals surface area contributed by atoms with Gasteiger partial charge in [0, 0.05) is 7.11 Å². The topological polar surface area (TPSA) is 46.5 Å². The maximum atomic E-state index is 12.3. The molecule has 1 atom stereocenters. The van der Waals surface area contributed by atoms with E-state index in [1.54, 1.807) is 0 Å². The Balaban J connectivity index is 3.11. The smallest absolute Gasteiger partial charge is 0.416 e. The molecular weight excluding hydrogens is 225 g/mol. The average molecular weight is 234 g/mol. The maximum absolute atomic E-state index is 12.3. The molecule has 0 unspecified atom stereocenters. The summed E-state index contributed by atoms with van der Waals surface area (Å²) in [5.74, 6) is -1.33. The van der Waals surface area contributed by atoms with Gasteiger partial charge in [0.05, 0.1) is 5.56 Å². The molecule has 0 aliphatic heterocycles. The lowest BCUT2D eigenvalue weighted by atomic mass is 10.1. The summed E-state index contributed by atoms with van der Waals surface area (Å²) in [6, 6.07) is 4.06. The first kappa shape index (κ1) is 12.5. The molecule has 0 aliphatic carbocycles. The number of benzene rings is 1. The number of halogens is 3. The molecule has 1 aromatic carbocycles. The monoisotopic (exact) mass is 234 g/mol. The zero-order valence-electron chi connectivity index (χ0n) is 8.28. The van der Waals surface area contributed by atoms with Crippen molar-refractivity contribution in [2.45, 2.75) is 12.3 Å². The number of alkyl halides is 3. The Labute approximate surface area is 89.5 Å². The standard InChI is InChI=1S/C10H9F3O3/c1-16-8(9(14)15)6-3-2-4-7(5-6)10(11,12)13/h2-5,8H,1H3,(H,14,15)/t8-/m0/s1. The van der Waals surface area contributed by atoms with E-state index in [4.69, 9.17) is 5.11 Å². The Bertz CT molecular complexity index is 387. The number of methoxy groups -OCH3 is 1.